The van der Waals surface area contributed by atoms with Gasteiger partial charge >= 0.3 is 5.97 Å². The average molecular weight is 922 g/mol. The zero-order valence-electron chi connectivity index (χ0n) is 37.9. The Morgan fingerprint density at radius 1 is 0.662 bits per heavy atom. The second kappa shape index (κ2) is 27.5. The number of aliphatic hydroxyl groups excluding tert-OH is 9. The van der Waals surface area contributed by atoms with Crippen molar-refractivity contribution in [3.05, 3.63) is 85.1 Å². The highest BCUT2D eigenvalue weighted by atomic mass is 16.7. The van der Waals surface area contributed by atoms with Crippen molar-refractivity contribution in [1.82, 2.24) is 0 Å². The Hall–Kier alpha value is -3.24. The molecule has 3 aliphatic heterocycles. The quantitative estimate of drug-likeness (QED) is 0.190. The Balaban J connectivity index is 1.86. The second-order valence-corrected chi connectivity index (χ2v) is 18.1. The fourth-order valence-electron chi connectivity index (χ4n) is 8.36. The predicted octanol–water partition coefficient (Wildman–Crippen LogP) is 1.38. The molecule has 65 heavy (non-hydrogen) atoms. The summed E-state index contributed by atoms with van der Waals surface area (Å²) in [5, 5.41) is 118. The zero-order chi connectivity index (χ0) is 48.4. The van der Waals surface area contributed by atoms with Crippen molar-refractivity contribution >= 4 is 11.8 Å². The van der Waals surface area contributed by atoms with Gasteiger partial charge in [-0.1, -0.05) is 106 Å². The Morgan fingerprint density at radius 3 is 1.82 bits per heavy atom. The standard InChI is InChI=1S/C48H75NO16/c1-28-17-15-13-11-9-7-5-6-8-10-12-14-16-18-36(64-47-45(59)42(49)44(58)31(4)63-47)25-40-41(46(60)61)39(56)27-48(62,65-40)26-35(53)24-38(55)37(54)20-19-32(50)22-34(52)23-33(51)21-29(2)30(3)43(28)57/h5-18,28-32,34-45,47,50,52-59,62H,19-27,49H2,1-4H3,(H,60,61)/b6-5+,9-7+,10-8+,13-11+,14-12+,17-15+,18-16+/t28-,29+,30-,31-,32+,34+,35-,36-,37+,38+,39-,40-,41+,42+,43+,44-,45+,47?,48?/m0/s1. The molecule has 19 atom stereocenters. The molecule has 2 fully saturated rings. The van der Waals surface area contributed by atoms with E-state index in [1.165, 1.54) is 13.0 Å². The van der Waals surface area contributed by atoms with Crippen LogP contribution in [0.25, 0.3) is 0 Å². The molecular formula is C48H75NO16. The van der Waals surface area contributed by atoms with Gasteiger partial charge in [-0.3, -0.25) is 9.59 Å². The summed E-state index contributed by atoms with van der Waals surface area (Å²) < 4.78 is 17.7. The molecule has 2 unspecified atom stereocenters. The average Bonchev–Trinajstić information content (AvgIpc) is 3.21. The number of rotatable bonds is 3. The first-order chi connectivity index (χ1) is 30.6. The summed E-state index contributed by atoms with van der Waals surface area (Å²) in [5.41, 5.74) is 6.02. The molecule has 0 saturated carbocycles. The number of hydrogen-bond acceptors (Lipinski definition) is 16. The number of aliphatic carboxylic acids is 1. The smallest absolute Gasteiger partial charge is 0.311 e. The van der Waals surface area contributed by atoms with Gasteiger partial charge in [0.25, 0.3) is 0 Å². The lowest BCUT2D eigenvalue weighted by molar-refractivity contribution is -0.308. The van der Waals surface area contributed by atoms with Crippen LogP contribution in [-0.4, -0.2) is 159 Å². The van der Waals surface area contributed by atoms with Gasteiger partial charge in [-0.2, -0.15) is 0 Å². The van der Waals surface area contributed by atoms with Gasteiger partial charge < -0.3 is 76.1 Å². The summed E-state index contributed by atoms with van der Waals surface area (Å²) in [5.74, 6) is -6.19. The number of allylic oxidation sites excluding steroid dienone is 12. The van der Waals surface area contributed by atoms with E-state index in [2.05, 4.69) is 0 Å². The summed E-state index contributed by atoms with van der Waals surface area (Å²) in [6, 6.07) is -1.14. The third kappa shape index (κ3) is 18.8. The minimum Gasteiger partial charge on any atom is -0.481 e. The summed E-state index contributed by atoms with van der Waals surface area (Å²) in [6.07, 6.45) is 5.35. The normalized spacial score (nSPS) is 45.6. The Kier molecular flexibility index (Phi) is 23.8. The van der Waals surface area contributed by atoms with Gasteiger partial charge in [0.2, 0.25) is 0 Å². The van der Waals surface area contributed by atoms with E-state index < -0.39 is 123 Å². The molecule has 13 N–H and O–H groups in total. The maximum absolute atomic E-state index is 12.8. The van der Waals surface area contributed by atoms with Gasteiger partial charge in [0.05, 0.1) is 73.2 Å². The van der Waals surface area contributed by atoms with E-state index in [1.807, 2.05) is 63.3 Å². The lowest BCUT2D eigenvalue weighted by atomic mass is 9.81. The number of ketones is 1. The number of carbonyl (C=O) groups excluding carboxylic acids is 1. The molecule has 0 aromatic rings. The third-order valence-corrected chi connectivity index (χ3v) is 12.5. The molecule has 0 radical (unpaired) electrons. The van der Waals surface area contributed by atoms with Crippen LogP contribution < -0.4 is 5.73 Å². The topological polar surface area (TPSA) is 310 Å². The first-order valence-corrected chi connectivity index (χ1v) is 22.6. The van der Waals surface area contributed by atoms with Crippen molar-refractivity contribution < 1.29 is 80.0 Å². The Bertz CT molecular complexity index is 1660. The van der Waals surface area contributed by atoms with E-state index in [-0.39, 0.29) is 62.1 Å². The second-order valence-electron chi connectivity index (χ2n) is 18.1. The van der Waals surface area contributed by atoms with Crippen LogP contribution >= 0.6 is 0 Å². The molecule has 2 saturated heterocycles. The van der Waals surface area contributed by atoms with Crippen molar-refractivity contribution in [2.45, 2.75) is 177 Å². The number of aliphatic hydroxyl groups is 10. The molecule has 17 nitrogen and oxygen atoms in total. The van der Waals surface area contributed by atoms with Crippen LogP contribution in [0.3, 0.4) is 0 Å². The number of fused-ring (bicyclic) bond motifs is 2. The lowest BCUT2D eigenvalue weighted by Crippen LogP contribution is -2.61. The van der Waals surface area contributed by atoms with E-state index in [0.29, 0.717) is 0 Å². The summed E-state index contributed by atoms with van der Waals surface area (Å²) in [7, 11) is 0. The van der Waals surface area contributed by atoms with Crippen LogP contribution in [0, 0.1) is 23.7 Å². The molecule has 3 rings (SSSR count). The maximum Gasteiger partial charge on any atom is 0.311 e. The number of ether oxygens (including phenoxy) is 3. The minimum atomic E-state index is -2.32. The number of carbonyl (C=O) groups is 2. The van der Waals surface area contributed by atoms with Gasteiger partial charge in [0, 0.05) is 44.4 Å². The van der Waals surface area contributed by atoms with Crippen LogP contribution in [0.15, 0.2) is 85.1 Å². The first kappa shape index (κ1) is 56.1. The molecule has 0 aliphatic carbocycles. The number of hydrogen-bond donors (Lipinski definition) is 12. The van der Waals surface area contributed by atoms with E-state index in [9.17, 15) is 65.8 Å². The largest absolute Gasteiger partial charge is 0.481 e. The fraction of sp³-hybridized carbons (Fsp3) is 0.667. The SMILES string of the molecule is C[C@@H]1[C@H](O)[C@@H](C)/C=C/C=C/C=C/C=C/C=C/C=C/C=C/[C@H](OC2O[C@@H](C)[C@H](O)[C@@H](N)[C@H]2O)C[C@@H]2OC(O)(C[C@@H](O)C[C@@H](O)[C@H](O)CC[C@@H](O)C[C@@H](O)CC(=O)C[C@H]1C)C[C@H](O)[C@H]2C(=O)O. The van der Waals surface area contributed by atoms with E-state index >= 15 is 0 Å². The number of carboxylic acid groups (broad SMARTS) is 1. The summed E-state index contributed by atoms with van der Waals surface area (Å²) in [6.45, 7) is 7.15. The van der Waals surface area contributed by atoms with Crippen molar-refractivity contribution in [2.24, 2.45) is 29.4 Å². The predicted molar refractivity (Wildman–Crippen MR) is 240 cm³/mol. The highest BCUT2D eigenvalue weighted by Crippen LogP contribution is 2.38. The number of nitrogens with two attached hydrogens (primary N) is 1. The summed E-state index contributed by atoms with van der Waals surface area (Å²) >= 11 is 0. The van der Waals surface area contributed by atoms with Gasteiger partial charge in [0.15, 0.2) is 12.1 Å². The molecule has 368 valence electrons. The minimum absolute atomic E-state index is 0.0663. The van der Waals surface area contributed by atoms with E-state index in [4.69, 9.17) is 19.9 Å². The van der Waals surface area contributed by atoms with Crippen molar-refractivity contribution in [3.63, 3.8) is 0 Å². The molecule has 0 amide bonds. The lowest BCUT2D eigenvalue weighted by Gasteiger charge is -2.45. The molecule has 17 heteroatoms. The molecule has 0 spiro atoms. The van der Waals surface area contributed by atoms with Gasteiger partial charge in [0.1, 0.15) is 17.8 Å². The van der Waals surface area contributed by atoms with Crippen LogP contribution in [-0.2, 0) is 23.8 Å². The first-order valence-electron chi connectivity index (χ1n) is 22.6. The third-order valence-electron chi connectivity index (χ3n) is 12.5. The van der Waals surface area contributed by atoms with E-state index in [0.717, 1.165) is 0 Å². The highest BCUT2D eigenvalue weighted by molar-refractivity contribution is 5.79. The molecule has 0 aromatic carbocycles. The van der Waals surface area contributed by atoms with Crippen LogP contribution in [0.1, 0.15) is 85.5 Å². The number of carboxylic acids is 1. The van der Waals surface area contributed by atoms with Crippen molar-refractivity contribution in [3.8, 4) is 0 Å². The van der Waals surface area contributed by atoms with Gasteiger partial charge in [-0.15, -0.1) is 0 Å². The van der Waals surface area contributed by atoms with Gasteiger partial charge in [-0.25, -0.2) is 0 Å². The monoisotopic (exact) mass is 922 g/mol. The fourth-order valence-corrected chi connectivity index (χ4v) is 8.36. The van der Waals surface area contributed by atoms with Gasteiger partial charge in [-0.05, 0) is 38.0 Å². The molecular weight excluding hydrogens is 847 g/mol. The van der Waals surface area contributed by atoms with E-state index in [1.54, 1.807) is 36.5 Å². The molecule has 0 aromatic heterocycles. The molecule has 3 heterocycles. The van der Waals surface area contributed by atoms with Crippen molar-refractivity contribution in [1.29, 1.82) is 0 Å². The van der Waals surface area contributed by atoms with Crippen LogP contribution in [0.5, 0.6) is 0 Å². The van der Waals surface area contributed by atoms with Crippen LogP contribution in [0.2, 0.25) is 0 Å². The molecule has 3 aliphatic rings. The maximum atomic E-state index is 12.8. The van der Waals surface area contributed by atoms with Crippen LogP contribution in [0.4, 0.5) is 0 Å². The Morgan fingerprint density at radius 2 is 1.23 bits per heavy atom. The van der Waals surface area contributed by atoms with Crippen molar-refractivity contribution in [2.75, 3.05) is 0 Å². The summed E-state index contributed by atoms with van der Waals surface area (Å²) in [4.78, 5) is 25.3. The highest BCUT2D eigenvalue weighted by Gasteiger charge is 2.51. The Labute approximate surface area is 382 Å². The zero-order valence-corrected chi connectivity index (χ0v) is 37.9. The molecule has 2 bridgehead atoms. The number of Topliss-reactive ketones (excluding diaryl/α,β-unsaturated/α-hetero) is 1.